The van der Waals surface area contributed by atoms with E-state index in [9.17, 15) is 14.9 Å². The molecular weight excluding hydrogens is 337 g/mol. The number of nitriles is 2. The van der Waals surface area contributed by atoms with Crippen LogP contribution in [0.5, 0.6) is 0 Å². The molecule has 0 spiro atoms. The number of anilines is 2. The molecule has 1 heterocycles. The van der Waals surface area contributed by atoms with Crippen LogP contribution in [-0.4, -0.2) is 6.54 Å². The van der Waals surface area contributed by atoms with E-state index < -0.39 is 5.82 Å². The molecule has 0 N–H and O–H groups in total. The summed E-state index contributed by atoms with van der Waals surface area (Å²) >= 11 is 0. The number of para-hydroxylation sites is 1. The first-order chi connectivity index (χ1) is 13.2. The van der Waals surface area contributed by atoms with E-state index in [0.717, 1.165) is 30.6 Å². The Morgan fingerprint density at radius 3 is 2.22 bits per heavy atom. The Morgan fingerprint density at radius 2 is 1.56 bits per heavy atom. The van der Waals surface area contributed by atoms with Crippen molar-refractivity contribution in [2.24, 2.45) is 0 Å². The van der Waals surface area contributed by atoms with Crippen LogP contribution >= 0.6 is 0 Å². The first-order valence-electron chi connectivity index (χ1n) is 8.81. The number of aryl methyl sites for hydroxylation is 1. The van der Waals surface area contributed by atoms with Crippen LogP contribution in [0.2, 0.25) is 0 Å². The standard InChI is InChI=1S/C23H16FN3/c24-20-12-18(14-25)23(19(13-20)15-26)17-7-9-21(10-8-17)27-11-3-5-16-4-1-2-6-22(16)27/h1-2,4,6-10,12-13H,3,5,11H2. The minimum Gasteiger partial charge on any atom is -0.341 e. The first kappa shape index (κ1) is 16.8. The van der Waals surface area contributed by atoms with Gasteiger partial charge < -0.3 is 4.90 Å². The fourth-order valence-electron chi connectivity index (χ4n) is 3.70. The average molecular weight is 353 g/mol. The fourth-order valence-corrected chi connectivity index (χ4v) is 3.70. The van der Waals surface area contributed by atoms with Gasteiger partial charge in [0.05, 0.1) is 23.3 Å². The largest absolute Gasteiger partial charge is 0.341 e. The lowest BCUT2D eigenvalue weighted by Crippen LogP contribution is -2.24. The fraction of sp³-hybridized carbons (Fsp3) is 0.130. The molecule has 4 rings (SSSR count). The number of hydrogen-bond donors (Lipinski definition) is 0. The highest BCUT2D eigenvalue weighted by molar-refractivity contribution is 5.78. The van der Waals surface area contributed by atoms with Crippen LogP contribution in [0.25, 0.3) is 11.1 Å². The van der Waals surface area contributed by atoms with Crippen molar-refractivity contribution in [3.8, 4) is 23.3 Å². The number of nitrogens with zero attached hydrogens (tertiary/aromatic N) is 3. The Hall–Kier alpha value is -3.63. The van der Waals surface area contributed by atoms with Crippen LogP contribution in [0.15, 0.2) is 60.7 Å². The van der Waals surface area contributed by atoms with Crippen LogP contribution in [0.4, 0.5) is 15.8 Å². The molecule has 0 bridgehead atoms. The third-order valence-corrected chi connectivity index (χ3v) is 4.92. The van der Waals surface area contributed by atoms with E-state index in [1.807, 2.05) is 42.5 Å². The Morgan fingerprint density at radius 1 is 0.889 bits per heavy atom. The zero-order valence-corrected chi connectivity index (χ0v) is 14.6. The Labute approximate surface area is 157 Å². The molecule has 4 heteroatoms. The Kier molecular flexibility index (Phi) is 4.32. The molecule has 3 aromatic carbocycles. The molecule has 3 aromatic rings. The van der Waals surface area contributed by atoms with Crippen molar-refractivity contribution < 1.29 is 4.39 Å². The second-order valence-electron chi connectivity index (χ2n) is 6.53. The van der Waals surface area contributed by atoms with Gasteiger partial charge in [0.25, 0.3) is 0 Å². The second-order valence-corrected chi connectivity index (χ2v) is 6.53. The molecule has 3 nitrogen and oxygen atoms in total. The van der Waals surface area contributed by atoms with Crippen LogP contribution in [0.1, 0.15) is 23.1 Å². The van der Waals surface area contributed by atoms with E-state index in [-0.39, 0.29) is 11.1 Å². The molecule has 130 valence electrons. The molecule has 0 fully saturated rings. The summed E-state index contributed by atoms with van der Waals surface area (Å²) in [7, 11) is 0. The van der Waals surface area contributed by atoms with Crippen LogP contribution in [0.3, 0.4) is 0 Å². The van der Waals surface area contributed by atoms with Crippen molar-refractivity contribution >= 4 is 11.4 Å². The summed E-state index contributed by atoms with van der Waals surface area (Å²) < 4.78 is 13.6. The molecule has 1 aliphatic rings. The average Bonchev–Trinajstić information content (AvgIpc) is 2.72. The quantitative estimate of drug-likeness (QED) is 0.626. The molecule has 0 aromatic heterocycles. The number of rotatable bonds is 2. The zero-order chi connectivity index (χ0) is 18.8. The van der Waals surface area contributed by atoms with Gasteiger partial charge in [0.2, 0.25) is 0 Å². The topological polar surface area (TPSA) is 50.8 Å². The summed E-state index contributed by atoms with van der Waals surface area (Å²) in [5.41, 5.74) is 5.16. The number of halogens is 1. The Balaban J connectivity index is 1.75. The lowest BCUT2D eigenvalue weighted by atomic mass is 9.94. The number of benzene rings is 3. The molecule has 0 amide bonds. The number of fused-ring (bicyclic) bond motifs is 1. The minimum absolute atomic E-state index is 0.169. The van der Waals surface area contributed by atoms with Crippen molar-refractivity contribution in [1.29, 1.82) is 10.5 Å². The maximum absolute atomic E-state index is 13.6. The lowest BCUT2D eigenvalue weighted by Gasteiger charge is -2.31. The highest BCUT2D eigenvalue weighted by Gasteiger charge is 2.18. The predicted octanol–water partition coefficient (Wildman–Crippen LogP) is 5.32. The maximum Gasteiger partial charge on any atom is 0.125 e. The van der Waals surface area contributed by atoms with Gasteiger partial charge >= 0.3 is 0 Å². The molecule has 0 atom stereocenters. The van der Waals surface area contributed by atoms with E-state index in [1.165, 1.54) is 23.4 Å². The van der Waals surface area contributed by atoms with E-state index in [4.69, 9.17) is 0 Å². The molecule has 0 saturated heterocycles. The molecular formula is C23H16FN3. The van der Waals surface area contributed by atoms with Gasteiger partial charge in [-0.3, -0.25) is 0 Å². The van der Waals surface area contributed by atoms with Crippen molar-refractivity contribution in [2.45, 2.75) is 12.8 Å². The summed E-state index contributed by atoms with van der Waals surface area (Å²) in [6.45, 7) is 0.944. The third kappa shape index (κ3) is 3.03. The third-order valence-electron chi connectivity index (χ3n) is 4.92. The minimum atomic E-state index is -0.576. The van der Waals surface area contributed by atoms with Crippen LogP contribution < -0.4 is 4.90 Å². The molecule has 1 aliphatic heterocycles. The molecule has 0 radical (unpaired) electrons. The summed E-state index contributed by atoms with van der Waals surface area (Å²) in [6.07, 6.45) is 2.17. The van der Waals surface area contributed by atoms with Gasteiger partial charge in [-0.2, -0.15) is 10.5 Å². The van der Waals surface area contributed by atoms with Crippen molar-refractivity contribution in [3.63, 3.8) is 0 Å². The van der Waals surface area contributed by atoms with Gasteiger partial charge in [0.1, 0.15) is 5.82 Å². The normalized spacial score (nSPS) is 12.8. The van der Waals surface area contributed by atoms with E-state index in [2.05, 4.69) is 23.1 Å². The van der Waals surface area contributed by atoms with Gasteiger partial charge in [-0.25, -0.2) is 4.39 Å². The van der Waals surface area contributed by atoms with Crippen LogP contribution in [-0.2, 0) is 6.42 Å². The van der Waals surface area contributed by atoms with Crippen molar-refractivity contribution in [1.82, 2.24) is 0 Å². The second kappa shape index (κ2) is 6.94. The molecule has 0 unspecified atom stereocenters. The smallest absolute Gasteiger partial charge is 0.125 e. The maximum atomic E-state index is 13.6. The summed E-state index contributed by atoms with van der Waals surface area (Å²) in [6, 6.07) is 22.5. The van der Waals surface area contributed by atoms with Gasteiger partial charge in [-0.15, -0.1) is 0 Å². The predicted molar refractivity (Wildman–Crippen MR) is 103 cm³/mol. The van der Waals surface area contributed by atoms with E-state index in [0.29, 0.717) is 5.56 Å². The summed E-state index contributed by atoms with van der Waals surface area (Å²) in [4.78, 5) is 2.28. The summed E-state index contributed by atoms with van der Waals surface area (Å²) in [5.74, 6) is -0.576. The van der Waals surface area contributed by atoms with Gasteiger partial charge in [0.15, 0.2) is 0 Å². The zero-order valence-electron chi connectivity index (χ0n) is 14.6. The first-order valence-corrected chi connectivity index (χ1v) is 8.81. The lowest BCUT2D eigenvalue weighted by molar-refractivity contribution is 0.627. The Bertz CT molecular complexity index is 1050. The van der Waals surface area contributed by atoms with Gasteiger partial charge in [-0.1, -0.05) is 30.3 Å². The van der Waals surface area contributed by atoms with Crippen molar-refractivity contribution in [3.05, 3.63) is 83.2 Å². The van der Waals surface area contributed by atoms with Gasteiger partial charge in [-0.05, 0) is 54.3 Å². The molecule has 0 aliphatic carbocycles. The van der Waals surface area contributed by atoms with Gasteiger partial charge in [0, 0.05) is 23.5 Å². The SMILES string of the molecule is N#Cc1cc(F)cc(C#N)c1-c1ccc(N2CCCc3ccccc32)cc1. The number of hydrogen-bond acceptors (Lipinski definition) is 3. The van der Waals surface area contributed by atoms with E-state index >= 15 is 0 Å². The highest BCUT2D eigenvalue weighted by Crippen LogP contribution is 2.35. The molecule has 0 saturated carbocycles. The monoisotopic (exact) mass is 353 g/mol. The molecule has 27 heavy (non-hydrogen) atoms. The van der Waals surface area contributed by atoms with Crippen molar-refractivity contribution in [2.75, 3.05) is 11.4 Å². The van der Waals surface area contributed by atoms with Crippen LogP contribution in [0, 0.1) is 28.5 Å². The summed E-state index contributed by atoms with van der Waals surface area (Å²) in [5, 5.41) is 18.7. The van der Waals surface area contributed by atoms with E-state index in [1.54, 1.807) is 0 Å². The highest BCUT2D eigenvalue weighted by atomic mass is 19.1.